The second-order valence-electron chi connectivity index (χ2n) is 5.75. The molecule has 0 aliphatic heterocycles. The summed E-state index contributed by atoms with van der Waals surface area (Å²) >= 11 is 0. The largest absolute Gasteiger partial charge is 0.497 e. The quantitative estimate of drug-likeness (QED) is 0.575. The zero-order valence-electron chi connectivity index (χ0n) is 14.1. The Kier molecular flexibility index (Phi) is 4.10. The third-order valence-corrected chi connectivity index (χ3v) is 4.09. The molecule has 4 rings (SSSR count). The fraction of sp³-hybridized carbons (Fsp3) is 0.105. The van der Waals surface area contributed by atoms with Crippen LogP contribution in [0.4, 0.5) is 5.69 Å². The van der Waals surface area contributed by atoms with Crippen LogP contribution in [0.2, 0.25) is 0 Å². The van der Waals surface area contributed by atoms with E-state index >= 15 is 0 Å². The maximum atomic E-state index is 5.95. The number of nitrogens with two attached hydrogens (primary N) is 1. The van der Waals surface area contributed by atoms with Crippen molar-refractivity contribution in [1.82, 2.24) is 20.4 Å². The summed E-state index contributed by atoms with van der Waals surface area (Å²) in [5, 5.41) is 10.5. The zero-order chi connectivity index (χ0) is 17.9. The number of ether oxygens (including phenoxy) is 2. The van der Waals surface area contributed by atoms with Crippen LogP contribution in [-0.2, 0) is 6.61 Å². The molecule has 0 amide bonds. The minimum Gasteiger partial charge on any atom is -0.497 e. The van der Waals surface area contributed by atoms with Crippen LogP contribution < -0.4 is 15.2 Å². The second kappa shape index (κ2) is 6.72. The van der Waals surface area contributed by atoms with Crippen molar-refractivity contribution >= 4 is 16.9 Å². The number of hydrogen-bond donors (Lipinski definition) is 2. The number of aromatic amines is 1. The lowest BCUT2D eigenvalue weighted by Crippen LogP contribution is -2.00. The van der Waals surface area contributed by atoms with Crippen LogP contribution in [0.1, 0.15) is 5.56 Å². The maximum absolute atomic E-state index is 5.95. The van der Waals surface area contributed by atoms with Crippen LogP contribution in [0.3, 0.4) is 0 Å². The number of anilines is 1. The van der Waals surface area contributed by atoms with E-state index in [1.807, 2.05) is 36.4 Å². The smallest absolute Gasteiger partial charge is 0.205 e. The van der Waals surface area contributed by atoms with Crippen molar-refractivity contribution in [1.29, 1.82) is 0 Å². The first kappa shape index (κ1) is 15.9. The van der Waals surface area contributed by atoms with Gasteiger partial charge >= 0.3 is 0 Å². The fourth-order valence-corrected chi connectivity index (χ4v) is 2.68. The lowest BCUT2D eigenvalue weighted by Gasteiger charge is -2.09. The Hall–Kier alpha value is -3.61. The highest BCUT2D eigenvalue weighted by atomic mass is 16.5. The molecule has 0 unspecified atom stereocenters. The molecule has 2 heterocycles. The summed E-state index contributed by atoms with van der Waals surface area (Å²) in [5.74, 6) is 1.33. The zero-order valence-corrected chi connectivity index (χ0v) is 14.1. The Morgan fingerprint density at radius 1 is 0.962 bits per heavy atom. The van der Waals surface area contributed by atoms with Gasteiger partial charge in [-0.25, -0.2) is 4.98 Å². The van der Waals surface area contributed by atoms with Crippen LogP contribution in [-0.4, -0.2) is 27.5 Å². The number of nitrogen functional groups attached to an aromatic ring is 1. The van der Waals surface area contributed by atoms with Gasteiger partial charge in [0.2, 0.25) is 5.65 Å². The molecule has 0 aliphatic carbocycles. The number of fused-ring (bicyclic) bond motifs is 1. The topological polar surface area (TPSA) is 98.9 Å². The summed E-state index contributed by atoms with van der Waals surface area (Å²) in [7, 11) is 1.66. The molecule has 3 N–H and O–H groups in total. The minimum absolute atomic E-state index is 0.374. The molecule has 2 aromatic carbocycles. The lowest BCUT2D eigenvalue weighted by atomic mass is 10.0. The molecular formula is C19H17N5O2. The molecule has 0 atom stereocenters. The molecule has 130 valence electrons. The van der Waals surface area contributed by atoms with Gasteiger partial charge in [0.05, 0.1) is 19.0 Å². The maximum Gasteiger partial charge on any atom is 0.205 e. The first-order valence-electron chi connectivity index (χ1n) is 8.06. The second-order valence-corrected chi connectivity index (χ2v) is 5.75. The summed E-state index contributed by atoms with van der Waals surface area (Å²) in [6.07, 6.45) is 1.52. The summed E-state index contributed by atoms with van der Waals surface area (Å²) in [6.45, 7) is 0.374. The van der Waals surface area contributed by atoms with Crippen molar-refractivity contribution in [2.75, 3.05) is 12.8 Å². The van der Waals surface area contributed by atoms with Crippen LogP contribution >= 0.6 is 0 Å². The van der Waals surface area contributed by atoms with Gasteiger partial charge in [-0.1, -0.05) is 36.4 Å². The van der Waals surface area contributed by atoms with E-state index in [0.717, 1.165) is 22.4 Å². The highest BCUT2D eigenvalue weighted by molar-refractivity contribution is 5.82. The molecule has 7 nitrogen and oxygen atoms in total. The molecule has 0 bridgehead atoms. The number of rotatable bonds is 5. The van der Waals surface area contributed by atoms with E-state index < -0.39 is 0 Å². The van der Waals surface area contributed by atoms with Gasteiger partial charge in [-0.15, -0.1) is 5.10 Å². The van der Waals surface area contributed by atoms with E-state index in [1.165, 1.54) is 6.20 Å². The van der Waals surface area contributed by atoms with E-state index in [4.69, 9.17) is 15.2 Å². The van der Waals surface area contributed by atoms with Crippen LogP contribution in [0, 0.1) is 0 Å². The molecule has 2 aromatic heterocycles. The van der Waals surface area contributed by atoms with Gasteiger partial charge in [-0.05, 0) is 28.8 Å². The average Bonchev–Trinajstić information content (AvgIpc) is 3.17. The molecule has 0 radical (unpaired) electrons. The number of H-pyrrole nitrogens is 1. The molecule has 0 fully saturated rings. The van der Waals surface area contributed by atoms with Gasteiger partial charge in [0.25, 0.3) is 0 Å². The Morgan fingerprint density at radius 3 is 2.35 bits per heavy atom. The van der Waals surface area contributed by atoms with E-state index in [1.54, 1.807) is 7.11 Å². The summed E-state index contributed by atoms with van der Waals surface area (Å²) in [5.41, 5.74) is 10.7. The highest BCUT2D eigenvalue weighted by Gasteiger charge is 2.12. The predicted molar refractivity (Wildman–Crippen MR) is 98.9 cm³/mol. The normalized spacial score (nSPS) is 10.8. The summed E-state index contributed by atoms with van der Waals surface area (Å²) < 4.78 is 11.1. The van der Waals surface area contributed by atoms with Crippen molar-refractivity contribution in [3.8, 4) is 22.6 Å². The third-order valence-electron chi connectivity index (χ3n) is 4.09. The van der Waals surface area contributed by atoms with E-state index in [-0.39, 0.29) is 0 Å². The number of aromatic nitrogens is 4. The molecule has 7 heteroatoms. The van der Waals surface area contributed by atoms with Crippen molar-refractivity contribution in [3.05, 3.63) is 60.3 Å². The Balaban J connectivity index is 1.50. The third kappa shape index (κ3) is 3.02. The first-order valence-corrected chi connectivity index (χ1v) is 8.06. The van der Waals surface area contributed by atoms with Crippen LogP contribution in [0.25, 0.3) is 22.3 Å². The Labute approximate surface area is 149 Å². The van der Waals surface area contributed by atoms with E-state index in [9.17, 15) is 0 Å². The van der Waals surface area contributed by atoms with Gasteiger partial charge in [-0.3, -0.25) is 0 Å². The number of methoxy groups -OCH3 is 1. The number of pyridine rings is 1. The average molecular weight is 347 g/mol. The molecule has 0 saturated carbocycles. The minimum atomic E-state index is 0.374. The Morgan fingerprint density at radius 2 is 1.65 bits per heavy atom. The SMILES string of the molecule is COc1ccc(-c2ccc(COc3c(N)cnc4n[nH]nc34)cc2)cc1. The van der Waals surface area contributed by atoms with Crippen LogP contribution in [0.15, 0.2) is 54.7 Å². The monoisotopic (exact) mass is 347 g/mol. The Bertz CT molecular complexity index is 1030. The number of hydrogen-bond acceptors (Lipinski definition) is 6. The van der Waals surface area contributed by atoms with Gasteiger partial charge in [0, 0.05) is 0 Å². The highest BCUT2D eigenvalue weighted by Crippen LogP contribution is 2.28. The van der Waals surface area contributed by atoms with Gasteiger partial charge in [0.15, 0.2) is 11.3 Å². The number of nitrogens with zero attached hydrogens (tertiary/aromatic N) is 3. The van der Waals surface area contributed by atoms with Crippen LogP contribution in [0.5, 0.6) is 11.5 Å². The molecule has 4 aromatic rings. The van der Waals surface area contributed by atoms with Crippen molar-refractivity contribution in [2.45, 2.75) is 6.61 Å². The van der Waals surface area contributed by atoms with E-state index in [0.29, 0.717) is 29.2 Å². The predicted octanol–water partition coefficient (Wildman–Crippen LogP) is 3.19. The number of nitrogens with one attached hydrogen (secondary N) is 1. The van der Waals surface area contributed by atoms with Gasteiger partial charge in [0.1, 0.15) is 12.4 Å². The van der Waals surface area contributed by atoms with Gasteiger partial charge in [-0.2, -0.15) is 10.3 Å². The van der Waals surface area contributed by atoms with Crippen molar-refractivity contribution in [2.24, 2.45) is 0 Å². The molecule has 26 heavy (non-hydrogen) atoms. The molecule has 0 spiro atoms. The molecule has 0 saturated heterocycles. The van der Waals surface area contributed by atoms with E-state index in [2.05, 4.69) is 32.5 Å². The van der Waals surface area contributed by atoms with Crippen molar-refractivity contribution < 1.29 is 9.47 Å². The summed E-state index contributed by atoms with van der Waals surface area (Å²) in [6, 6.07) is 16.1. The van der Waals surface area contributed by atoms with Crippen molar-refractivity contribution in [3.63, 3.8) is 0 Å². The summed E-state index contributed by atoms with van der Waals surface area (Å²) in [4.78, 5) is 4.10. The number of benzene rings is 2. The molecule has 0 aliphatic rings. The lowest BCUT2D eigenvalue weighted by molar-refractivity contribution is 0.311. The molecular weight excluding hydrogens is 330 g/mol. The first-order chi connectivity index (χ1) is 12.7. The van der Waals surface area contributed by atoms with Gasteiger partial charge < -0.3 is 15.2 Å². The standard InChI is InChI=1S/C19H17N5O2/c1-25-15-8-6-14(7-9-15)13-4-2-12(3-5-13)11-26-18-16(20)10-21-19-17(18)22-24-23-19/h2-10H,11,20H2,1H3,(H,21,22,23,24). The fourth-order valence-electron chi connectivity index (χ4n) is 2.68.